The number of aryl methyl sites for hydroxylation is 2. The molecule has 0 N–H and O–H groups in total. The maximum Gasteiger partial charge on any atom is 0.183 e. The summed E-state index contributed by atoms with van der Waals surface area (Å²) < 4.78 is 5.38. The van der Waals surface area contributed by atoms with E-state index in [2.05, 4.69) is 42.2 Å². The topological polar surface area (TPSA) is 29.5 Å². The molecular formula is C24H29NO2. The summed E-state index contributed by atoms with van der Waals surface area (Å²) in [7, 11) is 1.67. The number of likely N-dealkylation sites (tertiary alicyclic amines) is 1. The number of ether oxygens (including phenoxy) is 1. The molecule has 1 aliphatic heterocycles. The van der Waals surface area contributed by atoms with Crippen LogP contribution in [0.3, 0.4) is 0 Å². The number of Topliss-reactive ketones (excluding diaryl/α,β-unsaturated/α-hetero) is 1. The predicted octanol–water partition coefficient (Wildman–Crippen LogP) is 4.60. The lowest BCUT2D eigenvalue weighted by Gasteiger charge is -2.48. The fourth-order valence-corrected chi connectivity index (χ4v) is 4.92. The highest BCUT2D eigenvalue weighted by atomic mass is 16.5. The van der Waals surface area contributed by atoms with Crippen molar-refractivity contribution in [3.8, 4) is 5.75 Å². The van der Waals surface area contributed by atoms with E-state index < -0.39 is 0 Å². The van der Waals surface area contributed by atoms with Crippen LogP contribution in [0.15, 0.2) is 42.5 Å². The van der Waals surface area contributed by atoms with E-state index in [9.17, 15) is 4.79 Å². The van der Waals surface area contributed by atoms with Gasteiger partial charge in [0, 0.05) is 12.1 Å². The molecule has 0 bridgehead atoms. The summed E-state index contributed by atoms with van der Waals surface area (Å²) in [6, 6.07) is 14.6. The Hall–Kier alpha value is -2.13. The van der Waals surface area contributed by atoms with E-state index in [1.807, 2.05) is 12.1 Å². The third-order valence-corrected chi connectivity index (χ3v) is 6.58. The van der Waals surface area contributed by atoms with Crippen LogP contribution in [-0.2, 0) is 12.8 Å². The van der Waals surface area contributed by atoms with Gasteiger partial charge in [-0.15, -0.1) is 0 Å². The largest absolute Gasteiger partial charge is 0.497 e. The molecule has 1 unspecified atom stereocenters. The minimum Gasteiger partial charge on any atom is -0.497 e. The molecule has 2 aliphatic rings. The van der Waals surface area contributed by atoms with E-state index in [0.717, 1.165) is 56.5 Å². The van der Waals surface area contributed by atoms with Gasteiger partial charge in [-0.3, -0.25) is 9.69 Å². The molecular weight excluding hydrogens is 334 g/mol. The van der Waals surface area contributed by atoms with Gasteiger partial charge in [-0.2, -0.15) is 0 Å². The molecule has 27 heavy (non-hydrogen) atoms. The highest BCUT2D eigenvalue weighted by Crippen LogP contribution is 2.40. The smallest absolute Gasteiger partial charge is 0.183 e. The zero-order valence-electron chi connectivity index (χ0n) is 16.5. The van der Waals surface area contributed by atoms with Gasteiger partial charge in [0.15, 0.2) is 5.78 Å². The van der Waals surface area contributed by atoms with E-state index in [-0.39, 0.29) is 5.54 Å². The minimum atomic E-state index is -0.319. The van der Waals surface area contributed by atoms with E-state index in [4.69, 9.17) is 4.74 Å². The number of hydrogen-bond acceptors (Lipinski definition) is 3. The van der Waals surface area contributed by atoms with Crippen LogP contribution in [0.2, 0.25) is 0 Å². The van der Waals surface area contributed by atoms with Gasteiger partial charge in [0.05, 0.1) is 12.6 Å². The molecule has 1 fully saturated rings. The fraction of sp³-hybridized carbons (Fsp3) is 0.458. The van der Waals surface area contributed by atoms with Crippen LogP contribution in [0, 0.1) is 6.92 Å². The number of fused-ring (bicyclic) bond motifs is 1. The summed E-state index contributed by atoms with van der Waals surface area (Å²) in [6.07, 6.45) is 6.24. The average Bonchev–Trinajstić information content (AvgIpc) is 2.71. The molecule has 2 aromatic carbocycles. The Morgan fingerprint density at radius 3 is 2.78 bits per heavy atom. The number of carbonyl (C=O) groups is 1. The summed E-state index contributed by atoms with van der Waals surface area (Å²) in [6.45, 7) is 4.16. The van der Waals surface area contributed by atoms with Crippen molar-refractivity contribution in [3.63, 3.8) is 0 Å². The summed E-state index contributed by atoms with van der Waals surface area (Å²) >= 11 is 0. The Bertz CT molecular complexity index is 844. The standard InChI is InChI=1S/C24H29NO2/c1-18-7-3-4-8-19(18)12-16-25-15-6-5-13-24(25)14-11-20-9-10-21(27-2)17-22(20)23(24)26/h3-4,7-10,17H,5-6,11-16H2,1-2H3. The lowest BCUT2D eigenvalue weighted by molar-refractivity contribution is 0.0297. The first-order valence-electron chi connectivity index (χ1n) is 10.2. The first kappa shape index (κ1) is 18.2. The zero-order chi connectivity index (χ0) is 18.9. The summed E-state index contributed by atoms with van der Waals surface area (Å²) in [5.41, 5.74) is 4.47. The molecule has 3 heteroatoms. The summed E-state index contributed by atoms with van der Waals surface area (Å²) in [5, 5.41) is 0. The molecule has 0 amide bonds. The average molecular weight is 364 g/mol. The summed E-state index contributed by atoms with van der Waals surface area (Å²) in [5.74, 6) is 1.09. The molecule has 1 saturated heterocycles. The number of rotatable bonds is 4. The molecule has 0 radical (unpaired) electrons. The number of hydrogen-bond donors (Lipinski definition) is 0. The SMILES string of the molecule is COc1ccc2c(c1)C(=O)C1(CCCCN1CCc1ccccc1C)CC2. The second kappa shape index (κ2) is 7.47. The lowest BCUT2D eigenvalue weighted by Crippen LogP contribution is -2.59. The van der Waals surface area contributed by atoms with Crippen molar-refractivity contribution in [1.82, 2.24) is 4.90 Å². The van der Waals surface area contributed by atoms with Crippen LogP contribution in [0.25, 0.3) is 0 Å². The maximum atomic E-state index is 13.7. The number of ketones is 1. The third-order valence-electron chi connectivity index (χ3n) is 6.58. The van der Waals surface area contributed by atoms with Crippen LogP contribution in [-0.4, -0.2) is 36.4 Å². The third kappa shape index (κ3) is 3.29. The van der Waals surface area contributed by atoms with Crippen LogP contribution in [0.4, 0.5) is 0 Å². The fourth-order valence-electron chi connectivity index (χ4n) is 4.92. The van der Waals surface area contributed by atoms with Gasteiger partial charge < -0.3 is 4.74 Å². The Labute approximate surface area is 162 Å². The molecule has 1 atom stereocenters. The quantitative estimate of drug-likeness (QED) is 0.795. The molecule has 4 rings (SSSR count). The molecule has 1 spiro atoms. The van der Waals surface area contributed by atoms with Crippen LogP contribution < -0.4 is 4.74 Å². The van der Waals surface area contributed by atoms with E-state index >= 15 is 0 Å². The van der Waals surface area contributed by atoms with Crippen LogP contribution in [0.5, 0.6) is 5.75 Å². The molecule has 1 heterocycles. The van der Waals surface area contributed by atoms with Gasteiger partial charge in [0.1, 0.15) is 5.75 Å². The maximum absolute atomic E-state index is 13.7. The van der Waals surface area contributed by atoms with Crippen molar-refractivity contribution in [3.05, 3.63) is 64.7 Å². The Morgan fingerprint density at radius 1 is 1.11 bits per heavy atom. The van der Waals surface area contributed by atoms with E-state index in [1.165, 1.54) is 23.1 Å². The number of carbonyl (C=O) groups excluding carboxylic acids is 1. The molecule has 0 saturated carbocycles. The Kier molecular flexibility index (Phi) is 5.05. The summed E-state index contributed by atoms with van der Waals surface area (Å²) in [4.78, 5) is 16.1. The number of benzene rings is 2. The van der Waals surface area contributed by atoms with Crippen molar-refractivity contribution in [1.29, 1.82) is 0 Å². The predicted molar refractivity (Wildman–Crippen MR) is 109 cm³/mol. The van der Waals surface area contributed by atoms with E-state index in [0.29, 0.717) is 5.78 Å². The van der Waals surface area contributed by atoms with Gasteiger partial charge in [-0.05, 0) is 80.8 Å². The van der Waals surface area contributed by atoms with E-state index in [1.54, 1.807) is 7.11 Å². The number of piperidine rings is 1. The highest BCUT2D eigenvalue weighted by Gasteiger charge is 2.47. The number of nitrogens with zero attached hydrogens (tertiary/aromatic N) is 1. The molecule has 142 valence electrons. The van der Waals surface area contributed by atoms with Crippen LogP contribution >= 0.6 is 0 Å². The normalized spacial score (nSPS) is 22.7. The van der Waals surface area contributed by atoms with Gasteiger partial charge in [0.25, 0.3) is 0 Å². The van der Waals surface area contributed by atoms with Gasteiger partial charge >= 0.3 is 0 Å². The Morgan fingerprint density at radius 2 is 1.96 bits per heavy atom. The molecule has 3 nitrogen and oxygen atoms in total. The first-order valence-corrected chi connectivity index (χ1v) is 10.2. The Balaban J connectivity index is 1.61. The van der Waals surface area contributed by atoms with Crippen molar-refractivity contribution in [2.75, 3.05) is 20.2 Å². The van der Waals surface area contributed by atoms with Crippen molar-refractivity contribution < 1.29 is 9.53 Å². The molecule has 1 aliphatic carbocycles. The monoisotopic (exact) mass is 363 g/mol. The van der Waals surface area contributed by atoms with Gasteiger partial charge in [-0.1, -0.05) is 30.3 Å². The van der Waals surface area contributed by atoms with Crippen molar-refractivity contribution in [2.24, 2.45) is 0 Å². The van der Waals surface area contributed by atoms with Gasteiger partial charge in [-0.25, -0.2) is 0 Å². The first-order chi connectivity index (χ1) is 13.1. The molecule has 2 aromatic rings. The minimum absolute atomic E-state index is 0.312. The lowest BCUT2D eigenvalue weighted by atomic mass is 9.71. The van der Waals surface area contributed by atoms with Crippen molar-refractivity contribution in [2.45, 2.75) is 51.0 Å². The second-order valence-electron chi connectivity index (χ2n) is 8.00. The molecule has 0 aromatic heterocycles. The second-order valence-corrected chi connectivity index (χ2v) is 8.00. The van der Waals surface area contributed by atoms with Crippen molar-refractivity contribution >= 4 is 5.78 Å². The number of methoxy groups -OCH3 is 1. The highest BCUT2D eigenvalue weighted by molar-refractivity contribution is 6.05. The van der Waals surface area contributed by atoms with Crippen LogP contribution in [0.1, 0.15) is 52.7 Å². The zero-order valence-corrected chi connectivity index (χ0v) is 16.5. The van der Waals surface area contributed by atoms with Gasteiger partial charge in [0.2, 0.25) is 0 Å².